The Bertz CT molecular complexity index is 272. The lowest BCUT2D eigenvalue weighted by Crippen LogP contribution is -2.39. The van der Waals surface area contributed by atoms with Crippen LogP contribution in [0.15, 0.2) is 0 Å². The number of carbonyl (C=O) groups excluding carboxylic acids is 2. The van der Waals surface area contributed by atoms with Crippen molar-refractivity contribution in [3.63, 3.8) is 0 Å². The van der Waals surface area contributed by atoms with E-state index in [1.54, 1.807) is 13.8 Å². The summed E-state index contributed by atoms with van der Waals surface area (Å²) < 4.78 is 4.85. The maximum atomic E-state index is 11.7. The van der Waals surface area contributed by atoms with Gasteiger partial charge in [-0.3, -0.25) is 4.79 Å². The average molecular weight is 255 g/mol. The van der Waals surface area contributed by atoms with Crippen LogP contribution in [0.2, 0.25) is 0 Å². The fraction of sp³-hybridized carbons (Fsp3) is 0.857. The highest BCUT2D eigenvalue weighted by atomic mass is 16.5. The number of hydrogen-bond donors (Lipinski definition) is 1. The molecule has 104 valence electrons. The number of rotatable bonds is 6. The molecule has 1 unspecified atom stereocenters. The monoisotopic (exact) mass is 255 g/mol. The average Bonchev–Trinajstić information content (AvgIpc) is 2.38. The van der Waals surface area contributed by atoms with Crippen molar-refractivity contribution in [2.24, 2.45) is 5.92 Å². The molecule has 0 spiro atoms. The molecule has 1 amide bonds. The molecule has 0 radical (unpaired) electrons. The van der Waals surface area contributed by atoms with Crippen molar-refractivity contribution in [2.45, 2.75) is 64.8 Å². The highest BCUT2D eigenvalue weighted by molar-refractivity contribution is 5.84. The molecule has 0 aromatic carbocycles. The molecule has 0 aliphatic heterocycles. The zero-order valence-electron chi connectivity index (χ0n) is 11.5. The second-order valence-corrected chi connectivity index (χ2v) is 5.08. The number of ether oxygens (including phenoxy) is 1. The van der Waals surface area contributed by atoms with E-state index < -0.39 is 6.04 Å². The smallest absolute Gasteiger partial charge is 0.328 e. The fourth-order valence-electron chi connectivity index (χ4n) is 2.45. The van der Waals surface area contributed by atoms with Crippen LogP contribution in [0, 0.1) is 5.92 Å². The van der Waals surface area contributed by atoms with Crippen LogP contribution in [0.4, 0.5) is 0 Å². The van der Waals surface area contributed by atoms with Gasteiger partial charge in [0.15, 0.2) is 0 Å². The molecule has 0 aromatic rings. The Labute approximate surface area is 109 Å². The van der Waals surface area contributed by atoms with Crippen LogP contribution in [0.5, 0.6) is 0 Å². The van der Waals surface area contributed by atoms with Crippen LogP contribution in [-0.2, 0) is 14.3 Å². The second kappa shape index (κ2) is 8.11. The quantitative estimate of drug-likeness (QED) is 0.742. The van der Waals surface area contributed by atoms with Gasteiger partial charge >= 0.3 is 5.97 Å². The van der Waals surface area contributed by atoms with Crippen molar-refractivity contribution in [3.8, 4) is 0 Å². The van der Waals surface area contributed by atoms with Crippen molar-refractivity contribution in [3.05, 3.63) is 0 Å². The summed E-state index contributed by atoms with van der Waals surface area (Å²) in [6, 6.07) is -0.538. The van der Waals surface area contributed by atoms with E-state index in [9.17, 15) is 9.59 Å². The van der Waals surface area contributed by atoms with Crippen molar-refractivity contribution in [1.29, 1.82) is 0 Å². The standard InChI is InChI=1S/C14H25NO3/c1-3-18-14(17)11(2)15-13(16)10-9-12-7-5-4-6-8-12/h11-12H,3-10H2,1-2H3,(H,15,16). The zero-order chi connectivity index (χ0) is 13.4. The lowest BCUT2D eigenvalue weighted by Gasteiger charge is -2.21. The van der Waals surface area contributed by atoms with E-state index in [0.29, 0.717) is 18.9 Å². The van der Waals surface area contributed by atoms with Gasteiger partial charge in [-0.1, -0.05) is 32.1 Å². The summed E-state index contributed by atoms with van der Waals surface area (Å²) in [6.07, 6.45) is 7.90. The Balaban J connectivity index is 2.18. The molecule has 1 N–H and O–H groups in total. The van der Waals surface area contributed by atoms with Gasteiger partial charge in [-0.15, -0.1) is 0 Å². The van der Waals surface area contributed by atoms with E-state index in [0.717, 1.165) is 6.42 Å². The summed E-state index contributed by atoms with van der Waals surface area (Å²) in [7, 11) is 0. The van der Waals surface area contributed by atoms with Crippen molar-refractivity contribution in [2.75, 3.05) is 6.61 Å². The topological polar surface area (TPSA) is 55.4 Å². The normalized spacial score (nSPS) is 18.1. The Kier molecular flexibility index (Phi) is 6.76. The van der Waals surface area contributed by atoms with Crippen LogP contribution in [-0.4, -0.2) is 24.5 Å². The van der Waals surface area contributed by atoms with Crippen LogP contribution in [0.25, 0.3) is 0 Å². The maximum Gasteiger partial charge on any atom is 0.328 e. The largest absolute Gasteiger partial charge is 0.464 e. The first-order valence-electron chi connectivity index (χ1n) is 7.09. The first kappa shape index (κ1) is 15.0. The van der Waals surface area contributed by atoms with Gasteiger partial charge in [-0.05, 0) is 26.2 Å². The SMILES string of the molecule is CCOC(=O)C(C)NC(=O)CCC1CCCCC1. The lowest BCUT2D eigenvalue weighted by molar-refractivity contribution is -0.146. The van der Waals surface area contributed by atoms with Crippen LogP contribution in [0.3, 0.4) is 0 Å². The second-order valence-electron chi connectivity index (χ2n) is 5.08. The third-order valence-electron chi connectivity index (χ3n) is 3.52. The zero-order valence-corrected chi connectivity index (χ0v) is 11.5. The Morgan fingerprint density at radius 1 is 1.28 bits per heavy atom. The van der Waals surface area contributed by atoms with E-state index in [2.05, 4.69) is 5.32 Å². The van der Waals surface area contributed by atoms with Crippen LogP contribution < -0.4 is 5.32 Å². The minimum atomic E-state index is -0.538. The summed E-state index contributed by atoms with van der Waals surface area (Å²) in [4.78, 5) is 23.0. The molecule has 1 saturated carbocycles. The molecule has 4 heteroatoms. The fourth-order valence-corrected chi connectivity index (χ4v) is 2.45. The molecule has 18 heavy (non-hydrogen) atoms. The summed E-state index contributed by atoms with van der Waals surface area (Å²) in [6.45, 7) is 3.77. The lowest BCUT2D eigenvalue weighted by atomic mass is 9.86. The van der Waals surface area contributed by atoms with Gasteiger partial charge in [0.05, 0.1) is 6.61 Å². The predicted octanol–water partition coefficient (Wildman–Crippen LogP) is 2.41. The molecule has 0 aromatic heterocycles. The molecule has 4 nitrogen and oxygen atoms in total. The molecule has 1 atom stereocenters. The Morgan fingerprint density at radius 3 is 2.56 bits per heavy atom. The third-order valence-corrected chi connectivity index (χ3v) is 3.52. The van der Waals surface area contributed by atoms with Crippen LogP contribution in [0.1, 0.15) is 58.8 Å². The van der Waals surface area contributed by atoms with E-state index in [4.69, 9.17) is 4.74 Å². The summed E-state index contributed by atoms with van der Waals surface area (Å²) in [5.74, 6) is 0.298. The van der Waals surface area contributed by atoms with Gasteiger partial charge < -0.3 is 10.1 Å². The first-order chi connectivity index (χ1) is 8.63. The number of carbonyl (C=O) groups is 2. The summed E-state index contributed by atoms with van der Waals surface area (Å²) in [5, 5.41) is 2.69. The first-order valence-corrected chi connectivity index (χ1v) is 7.09. The molecule has 0 bridgehead atoms. The number of amides is 1. The van der Waals surface area contributed by atoms with Crippen molar-refractivity contribution >= 4 is 11.9 Å². The number of nitrogens with one attached hydrogen (secondary N) is 1. The number of hydrogen-bond acceptors (Lipinski definition) is 3. The number of esters is 1. The Hall–Kier alpha value is -1.06. The van der Waals surface area contributed by atoms with Crippen LogP contribution >= 0.6 is 0 Å². The molecule has 1 fully saturated rings. The van der Waals surface area contributed by atoms with Gasteiger partial charge in [0, 0.05) is 6.42 Å². The van der Waals surface area contributed by atoms with E-state index in [1.807, 2.05) is 0 Å². The van der Waals surface area contributed by atoms with Gasteiger partial charge in [0.25, 0.3) is 0 Å². The Morgan fingerprint density at radius 2 is 1.94 bits per heavy atom. The van der Waals surface area contributed by atoms with E-state index in [1.165, 1.54) is 32.1 Å². The minimum Gasteiger partial charge on any atom is -0.464 e. The molecule has 0 heterocycles. The van der Waals surface area contributed by atoms with Gasteiger partial charge in [0.1, 0.15) is 6.04 Å². The molecule has 0 saturated heterocycles. The third kappa shape index (κ3) is 5.52. The predicted molar refractivity (Wildman–Crippen MR) is 70.0 cm³/mol. The van der Waals surface area contributed by atoms with E-state index >= 15 is 0 Å². The highest BCUT2D eigenvalue weighted by Gasteiger charge is 2.18. The van der Waals surface area contributed by atoms with Gasteiger partial charge in [-0.25, -0.2) is 4.79 Å². The molecule has 1 rings (SSSR count). The van der Waals surface area contributed by atoms with Crippen molar-refractivity contribution in [1.82, 2.24) is 5.32 Å². The van der Waals surface area contributed by atoms with Gasteiger partial charge in [0.2, 0.25) is 5.91 Å². The summed E-state index contributed by atoms with van der Waals surface area (Å²) >= 11 is 0. The molecular weight excluding hydrogens is 230 g/mol. The molecule has 1 aliphatic carbocycles. The van der Waals surface area contributed by atoms with E-state index in [-0.39, 0.29) is 11.9 Å². The molecular formula is C14H25NO3. The summed E-state index contributed by atoms with van der Waals surface area (Å²) in [5.41, 5.74) is 0. The molecule has 1 aliphatic rings. The van der Waals surface area contributed by atoms with Gasteiger partial charge in [-0.2, -0.15) is 0 Å². The van der Waals surface area contributed by atoms with Crippen molar-refractivity contribution < 1.29 is 14.3 Å². The minimum absolute atomic E-state index is 0.0406. The maximum absolute atomic E-state index is 11.7. The highest BCUT2D eigenvalue weighted by Crippen LogP contribution is 2.27.